The van der Waals surface area contributed by atoms with Gasteiger partial charge in [-0.2, -0.15) is 0 Å². The molecule has 6 heteroatoms. The highest BCUT2D eigenvalue weighted by atomic mass is 35.5. The standard InChI is InChI=1S/C19H15Cl2N3O/c1-12-9-15(21)5-7-17(12)24-18-8-6-16(11-22-18)23-19(25)13-3-2-4-14(20)10-13/h2-11H,1H3,(H,22,24)(H,23,25). The maximum Gasteiger partial charge on any atom is 0.255 e. The number of benzene rings is 2. The number of hydrogen-bond acceptors (Lipinski definition) is 3. The molecular formula is C19H15Cl2N3O. The first-order valence-electron chi connectivity index (χ1n) is 7.57. The second-order valence-corrected chi connectivity index (χ2v) is 6.35. The summed E-state index contributed by atoms with van der Waals surface area (Å²) in [5, 5.41) is 7.22. The number of halogens is 2. The van der Waals surface area contributed by atoms with Gasteiger partial charge in [-0.15, -0.1) is 0 Å². The Hall–Kier alpha value is -2.56. The van der Waals surface area contributed by atoms with E-state index in [0.29, 0.717) is 27.1 Å². The molecule has 2 aromatic carbocycles. The number of nitrogens with zero attached hydrogens (tertiary/aromatic N) is 1. The van der Waals surface area contributed by atoms with Crippen LogP contribution < -0.4 is 10.6 Å². The normalized spacial score (nSPS) is 10.4. The number of anilines is 3. The Morgan fingerprint density at radius 2 is 1.80 bits per heavy atom. The fourth-order valence-corrected chi connectivity index (χ4v) is 2.70. The molecule has 0 radical (unpaired) electrons. The van der Waals surface area contributed by atoms with Crippen LogP contribution in [0, 0.1) is 6.92 Å². The van der Waals surface area contributed by atoms with E-state index in [1.165, 1.54) is 0 Å². The van der Waals surface area contributed by atoms with Gasteiger partial charge in [0.15, 0.2) is 0 Å². The summed E-state index contributed by atoms with van der Waals surface area (Å²) in [6.07, 6.45) is 1.59. The molecule has 0 fully saturated rings. The van der Waals surface area contributed by atoms with E-state index in [9.17, 15) is 4.79 Å². The van der Waals surface area contributed by atoms with Gasteiger partial charge in [0.1, 0.15) is 5.82 Å². The molecule has 0 bridgehead atoms. The number of nitrogens with one attached hydrogen (secondary N) is 2. The number of pyridine rings is 1. The predicted molar refractivity (Wildman–Crippen MR) is 103 cm³/mol. The minimum Gasteiger partial charge on any atom is -0.340 e. The molecule has 4 nitrogen and oxygen atoms in total. The fraction of sp³-hybridized carbons (Fsp3) is 0.0526. The van der Waals surface area contributed by atoms with E-state index in [2.05, 4.69) is 15.6 Å². The van der Waals surface area contributed by atoms with Crippen LogP contribution in [0.1, 0.15) is 15.9 Å². The van der Waals surface area contributed by atoms with Crippen molar-refractivity contribution in [2.75, 3.05) is 10.6 Å². The SMILES string of the molecule is Cc1cc(Cl)ccc1Nc1ccc(NC(=O)c2cccc(Cl)c2)cn1. The molecule has 2 N–H and O–H groups in total. The quantitative estimate of drug-likeness (QED) is 0.618. The lowest BCUT2D eigenvalue weighted by molar-refractivity contribution is 0.102. The Morgan fingerprint density at radius 1 is 1.00 bits per heavy atom. The molecule has 3 aromatic rings. The number of amides is 1. The molecule has 0 atom stereocenters. The molecule has 126 valence electrons. The van der Waals surface area contributed by atoms with Gasteiger partial charge in [0.25, 0.3) is 5.91 Å². The fourth-order valence-electron chi connectivity index (χ4n) is 2.28. The van der Waals surface area contributed by atoms with Gasteiger partial charge in [-0.05, 0) is 61.0 Å². The van der Waals surface area contributed by atoms with Crippen molar-refractivity contribution in [3.05, 3.63) is 82.0 Å². The first-order chi connectivity index (χ1) is 12.0. The van der Waals surface area contributed by atoms with E-state index < -0.39 is 0 Å². The molecule has 1 amide bonds. The Bertz CT molecular complexity index is 911. The van der Waals surface area contributed by atoms with Crippen LogP contribution in [0.15, 0.2) is 60.8 Å². The third-order valence-corrected chi connectivity index (χ3v) is 4.03. The molecule has 0 aliphatic rings. The van der Waals surface area contributed by atoms with Gasteiger partial charge >= 0.3 is 0 Å². The predicted octanol–water partition coefficient (Wildman–Crippen LogP) is 5.69. The minimum atomic E-state index is -0.237. The number of rotatable bonds is 4. The molecule has 0 saturated heterocycles. The first kappa shape index (κ1) is 17.3. The number of hydrogen-bond donors (Lipinski definition) is 2. The summed E-state index contributed by atoms with van der Waals surface area (Å²) in [6.45, 7) is 1.97. The maximum absolute atomic E-state index is 12.2. The molecule has 0 saturated carbocycles. The van der Waals surface area contributed by atoms with Crippen molar-refractivity contribution < 1.29 is 4.79 Å². The number of aromatic nitrogens is 1. The minimum absolute atomic E-state index is 0.237. The van der Waals surface area contributed by atoms with Crippen LogP contribution in [0.5, 0.6) is 0 Å². The molecular weight excluding hydrogens is 357 g/mol. The third kappa shape index (κ3) is 4.50. The van der Waals surface area contributed by atoms with Crippen LogP contribution in [-0.4, -0.2) is 10.9 Å². The van der Waals surface area contributed by atoms with Gasteiger partial charge in [0, 0.05) is 21.3 Å². The second kappa shape index (κ2) is 7.55. The van der Waals surface area contributed by atoms with E-state index in [4.69, 9.17) is 23.2 Å². The summed E-state index contributed by atoms with van der Waals surface area (Å²) >= 11 is 11.9. The topological polar surface area (TPSA) is 54.0 Å². The Labute approximate surface area is 155 Å². The molecule has 1 aromatic heterocycles. The summed E-state index contributed by atoms with van der Waals surface area (Å²) < 4.78 is 0. The average molecular weight is 372 g/mol. The Morgan fingerprint density at radius 3 is 2.48 bits per heavy atom. The summed E-state index contributed by atoms with van der Waals surface area (Å²) in [7, 11) is 0. The van der Waals surface area contributed by atoms with Crippen molar-refractivity contribution >= 4 is 46.3 Å². The molecule has 1 heterocycles. The zero-order chi connectivity index (χ0) is 17.8. The maximum atomic E-state index is 12.2. The van der Waals surface area contributed by atoms with Crippen LogP contribution in [0.3, 0.4) is 0 Å². The Kier molecular flexibility index (Phi) is 5.22. The summed E-state index contributed by atoms with van der Waals surface area (Å²) in [4.78, 5) is 16.5. The van der Waals surface area contributed by atoms with Gasteiger partial charge in [-0.1, -0.05) is 29.3 Å². The van der Waals surface area contributed by atoms with Gasteiger partial charge in [-0.25, -0.2) is 4.98 Å². The number of aryl methyl sites for hydroxylation is 1. The lowest BCUT2D eigenvalue weighted by atomic mass is 10.2. The van der Waals surface area contributed by atoms with E-state index in [0.717, 1.165) is 11.3 Å². The summed E-state index contributed by atoms with van der Waals surface area (Å²) in [5.41, 5.74) is 3.04. The molecule has 0 aliphatic carbocycles. The van der Waals surface area contributed by atoms with Crippen LogP contribution in [0.2, 0.25) is 10.0 Å². The van der Waals surface area contributed by atoms with Crippen LogP contribution in [0.4, 0.5) is 17.2 Å². The largest absolute Gasteiger partial charge is 0.340 e. The van der Waals surface area contributed by atoms with Crippen LogP contribution >= 0.6 is 23.2 Å². The van der Waals surface area contributed by atoms with E-state index in [-0.39, 0.29) is 5.91 Å². The monoisotopic (exact) mass is 371 g/mol. The summed E-state index contributed by atoms with van der Waals surface area (Å²) in [6, 6.07) is 15.9. The highest BCUT2D eigenvalue weighted by molar-refractivity contribution is 6.31. The summed E-state index contributed by atoms with van der Waals surface area (Å²) in [5.74, 6) is 0.435. The zero-order valence-corrected chi connectivity index (χ0v) is 14.9. The third-order valence-electron chi connectivity index (χ3n) is 3.56. The van der Waals surface area contributed by atoms with Gasteiger partial charge < -0.3 is 10.6 Å². The second-order valence-electron chi connectivity index (χ2n) is 5.48. The van der Waals surface area contributed by atoms with Gasteiger partial charge in [0.2, 0.25) is 0 Å². The van der Waals surface area contributed by atoms with Crippen molar-refractivity contribution in [3.8, 4) is 0 Å². The molecule has 0 aliphatic heterocycles. The van der Waals surface area contributed by atoms with Crippen molar-refractivity contribution in [2.24, 2.45) is 0 Å². The van der Waals surface area contributed by atoms with Crippen LogP contribution in [-0.2, 0) is 0 Å². The highest BCUT2D eigenvalue weighted by Crippen LogP contribution is 2.23. The molecule has 0 unspecified atom stereocenters. The lowest BCUT2D eigenvalue weighted by Crippen LogP contribution is -2.12. The Balaban J connectivity index is 1.69. The lowest BCUT2D eigenvalue weighted by Gasteiger charge is -2.10. The van der Waals surface area contributed by atoms with E-state index in [1.54, 1.807) is 42.6 Å². The van der Waals surface area contributed by atoms with Crippen molar-refractivity contribution in [3.63, 3.8) is 0 Å². The van der Waals surface area contributed by atoms with Crippen molar-refractivity contribution in [2.45, 2.75) is 6.92 Å². The molecule has 25 heavy (non-hydrogen) atoms. The van der Waals surface area contributed by atoms with Crippen molar-refractivity contribution in [1.29, 1.82) is 0 Å². The number of carbonyl (C=O) groups excluding carboxylic acids is 1. The molecule has 3 rings (SSSR count). The van der Waals surface area contributed by atoms with E-state index >= 15 is 0 Å². The number of carbonyl (C=O) groups is 1. The van der Waals surface area contributed by atoms with E-state index in [1.807, 2.05) is 25.1 Å². The van der Waals surface area contributed by atoms with Gasteiger partial charge in [-0.3, -0.25) is 4.79 Å². The zero-order valence-electron chi connectivity index (χ0n) is 13.4. The smallest absolute Gasteiger partial charge is 0.255 e. The highest BCUT2D eigenvalue weighted by Gasteiger charge is 2.07. The average Bonchev–Trinajstić information content (AvgIpc) is 2.59. The van der Waals surface area contributed by atoms with Crippen molar-refractivity contribution in [1.82, 2.24) is 4.98 Å². The first-order valence-corrected chi connectivity index (χ1v) is 8.33. The van der Waals surface area contributed by atoms with Crippen LogP contribution in [0.25, 0.3) is 0 Å². The van der Waals surface area contributed by atoms with Gasteiger partial charge in [0.05, 0.1) is 11.9 Å². The molecule has 0 spiro atoms.